The second-order valence-corrected chi connectivity index (χ2v) is 11.3. The number of methoxy groups -OCH3 is 1. The maximum atomic E-state index is 12.5. The third-order valence-corrected chi connectivity index (χ3v) is 8.88. The number of hydrogen-bond donors (Lipinski definition) is 1. The first kappa shape index (κ1) is 25.1. The Hall–Kier alpha value is -3.90. The molecular weight excluding hydrogens is 498 g/mol. The third-order valence-electron chi connectivity index (χ3n) is 8.88. The van der Waals surface area contributed by atoms with E-state index in [2.05, 4.69) is 45.2 Å². The molecule has 7 rings (SSSR count). The Morgan fingerprint density at radius 3 is 2.70 bits per heavy atom. The largest absolute Gasteiger partial charge is 0.465 e. The highest BCUT2D eigenvalue weighted by Gasteiger charge is 2.36. The van der Waals surface area contributed by atoms with Gasteiger partial charge in [0.15, 0.2) is 0 Å². The van der Waals surface area contributed by atoms with Crippen molar-refractivity contribution in [3.63, 3.8) is 0 Å². The second kappa shape index (κ2) is 10.6. The number of carbonyl (C=O) groups excluding carboxylic acids is 1. The summed E-state index contributed by atoms with van der Waals surface area (Å²) < 4.78 is 11.3. The van der Waals surface area contributed by atoms with Gasteiger partial charge in [0.05, 0.1) is 13.3 Å². The Bertz CT molecular complexity index is 1580. The summed E-state index contributed by atoms with van der Waals surface area (Å²) in [4.78, 5) is 22.9. The number of rotatable bonds is 7. The number of fused-ring (bicyclic) bond motifs is 1. The summed E-state index contributed by atoms with van der Waals surface area (Å²) in [5.41, 5.74) is 6.77. The number of benzene rings is 2. The van der Waals surface area contributed by atoms with E-state index < -0.39 is 5.97 Å². The summed E-state index contributed by atoms with van der Waals surface area (Å²) in [5, 5.41) is 0.953. The van der Waals surface area contributed by atoms with E-state index in [-0.39, 0.29) is 0 Å². The molecule has 2 aliphatic carbocycles. The molecule has 2 aromatic heterocycles. The lowest BCUT2D eigenvalue weighted by Crippen LogP contribution is -2.36. The van der Waals surface area contributed by atoms with Crippen molar-refractivity contribution < 1.29 is 14.3 Å². The zero-order valence-corrected chi connectivity index (χ0v) is 22.9. The van der Waals surface area contributed by atoms with Crippen LogP contribution in [0, 0.1) is 0 Å². The molecule has 0 radical (unpaired) electrons. The third kappa shape index (κ3) is 4.81. The number of nitrogens with one attached hydrogen (secondary N) is 1. The van der Waals surface area contributed by atoms with Crippen molar-refractivity contribution in [2.45, 2.75) is 62.9 Å². The van der Waals surface area contributed by atoms with E-state index in [1.165, 1.54) is 44.9 Å². The van der Waals surface area contributed by atoms with Gasteiger partial charge in [0.25, 0.3) is 0 Å². The molecule has 2 fully saturated rings. The first-order chi connectivity index (χ1) is 19.7. The average Bonchev–Trinajstić information content (AvgIpc) is 3.54. The van der Waals surface area contributed by atoms with Crippen LogP contribution in [0.1, 0.15) is 84.0 Å². The molecule has 40 heavy (non-hydrogen) atoms. The molecule has 2 atom stereocenters. The Morgan fingerprint density at radius 1 is 1.02 bits per heavy atom. The maximum Gasteiger partial charge on any atom is 0.341 e. The molecule has 1 saturated heterocycles. The number of ether oxygens (including phenoxy) is 2. The van der Waals surface area contributed by atoms with Gasteiger partial charge in [-0.15, -0.1) is 0 Å². The zero-order valence-electron chi connectivity index (χ0n) is 22.9. The average molecular weight is 534 g/mol. The Labute approximate surface area is 235 Å². The van der Waals surface area contributed by atoms with Crippen LogP contribution < -0.4 is 4.74 Å². The minimum absolute atomic E-state index is 0.406. The first-order valence-corrected chi connectivity index (χ1v) is 14.6. The molecule has 1 aliphatic heterocycles. The number of esters is 1. The van der Waals surface area contributed by atoms with Gasteiger partial charge in [-0.25, -0.2) is 9.78 Å². The van der Waals surface area contributed by atoms with Crippen molar-refractivity contribution >= 4 is 22.6 Å². The van der Waals surface area contributed by atoms with Crippen LogP contribution >= 0.6 is 0 Å². The maximum absolute atomic E-state index is 12.5. The minimum Gasteiger partial charge on any atom is -0.465 e. The molecule has 6 heteroatoms. The fourth-order valence-corrected chi connectivity index (χ4v) is 6.71. The summed E-state index contributed by atoms with van der Waals surface area (Å²) in [6.45, 7) is 1.18. The van der Waals surface area contributed by atoms with Crippen molar-refractivity contribution in [1.82, 2.24) is 14.9 Å². The molecule has 0 amide bonds. The van der Waals surface area contributed by atoms with Crippen LogP contribution in [0.5, 0.6) is 11.5 Å². The first-order valence-electron chi connectivity index (χ1n) is 14.6. The number of likely N-dealkylation sites (tertiary alicyclic amines) is 1. The Kier molecular flexibility index (Phi) is 6.64. The monoisotopic (exact) mass is 533 g/mol. The van der Waals surface area contributed by atoms with Crippen LogP contribution in [-0.2, 0) is 4.74 Å². The van der Waals surface area contributed by atoms with E-state index in [4.69, 9.17) is 9.47 Å². The topological polar surface area (TPSA) is 67.4 Å². The number of allylic oxidation sites excluding steroid dienone is 1. The predicted molar refractivity (Wildman–Crippen MR) is 157 cm³/mol. The van der Waals surface area contributed by atoms with E-state index in [9.17, 15) is 4.79 Å². The van der Waals surface area contributed by atoms with Gasteiger partial charge in [-0.1, -0.05) is 36.4 Å². The predicted octanol–water partition coefficient (Wildman–Crippen LogP) is 7.79. The molecule has 204 valence electrons. The van der Waals surface area contributed by atoms with E-state index in [1.54, 1.807) is 17.3 Å². The lowest BCUT2D eigenvalue weighted by atomic mass is 9.88. The van der Waals surface area contributed by atoms with E-state index in [1.807, 2.05) is 36.5 Å². The van der Waals surface area contributed by atoms with Crippen LogP contribution in [0.15, 0.2) is 73.1 Å². The SMILES string of the molecule is COC(=O)c1ccc(C2=CCC(N3CCCC3c3ccccc3C3CC3)CC2)cc1Oc1cnc2[nH]ccc2c1. The number of pyridine rings is 1. The summed E-state index contributed by atoms with van der Waals surface area (Å²) in [5.74, 6) is 1.43. The summed E-state index contributed by atoms with van der Waals surface area (Å²) >= 11 is 0. The van der Waals surface area contributed by atoms with Crippen molar-refractivity contribution in [2.24, 2.45) is 0 Å². The molecule has 1 saturated carbocycles. The molecule has 0 spiro atoms. The van der Waals surface area contributed by atoms with Crippen LogP contribution in [0.4, 0.5) is 0 Å². The van der Waals surface area contributed by atoms with Crippen molar-refractivity contribution in [3.8, 4) is 11.5 Å². The highest BCUT2D eigenvalue weighted by molar-refractivity contribution is 5.93. The number of nitrogens with zero attached hydrogens (tertiary/aromatic N) is 2. The molecule has 1 N–H and O–H groups in total. The highest BCUT2D eigenvalue weighted by atomic mass is 16.5. The number of hydrogen-bond acceptors (Lipinski definition) is 5. The van der Waals surface area contributed by atoms with Gasteiger partial charge in [-0.2, -0.15) is 0 Å². The van der Waals surface area contributed by atoms with Crippen LogP contribution in [0.2, 0.25) is 0 Å². The second-order valence-electron chi connectivity index (χ2n) is 11.3. The van der Waals surface area contributed by atoms with Crippen LogP contribution in [-0.4, -0.2) is 40.5 Å². The molecule has 2 aromatic carbocycles. The fraction of sp³-hybridized carbons (Fsp3) is 0.353. The zero-order chi connectivity index (χ0) is 27.1. The molecule has 2 unspecified atom stereocenters. The van der Waals surface area contributed by atoms with Gasteiger partial charge in [0.1, 0.15) is 22.7 Å². The van der Waals surface area contributed by atoms with Crippen LogP contribution in [0.25, 0.3) is 16.6 Å². The molecule has 4 aromatic rings. The van der Waals surface area contributed by atoms with Gasteiger partial charge in [-0.3, -0.25) is 4.90 Å². The number of carbonyl (C=O) groups is 1. The lowest BCUT2D eigenvalue weighted by molar-refractivity contribution is 0.0598. The van der Waals surface area contributed by atoms with Gasteiger partial charge in [0, 0.05) is 23.7 Å². The molecule has 0 bridgehead atoms. The molecular formula is C34H35N3O3. The molecule has 3 heterocycles. The Morgan fingerprint density at radius 2 is 1.90 bits per heavy atom. The van der Waals surface area contributed by atoms with Gasteiger partial charge < -0.3 is 14.5 Å². The number of H-pyrrole nitrogens is 1. The molecule has 6 nitrogen and oxygen atoms in total. The smallest absolute Gasteiger partial charge is 0.341 e. The lowest BCUT2D eigenvalue weighted by Gasteiger charge is -2.36. The summed E-state index contributed by atoms with van der Waals surface area (Å²) in [6, 6.07) is 20.0. The fourth-order valence-electron chi connectivity index (χ4n) is 6.71. The number of aromatic amines is 1. The van der Waals surface area contributed by atoms with Crippen molar-refractivity contribution in [1.29, 1.82) is 0 Å². The normalized spacial score (nSPS) is 21.4. The quantitative estimate of drug-likeness (QED) is 0.246. The van der Waals surface area contributed by atoms with E-state index >= 15 is 0 Å². The van der Waals surface area contributed by atoms with Gasteiger partial charge >= 0.3 is 5.97 Å². The molecule has 3 aliphatic rings. The van der Waals surface area contributed by atoms with Gasteiger partial charge in [0.2, 0.25) is 0 Å². The standard InChI is InChI=1S/C34H35N3O3/c1-39-34(38)30-15-12-24(20-32(30)40-27-19-25-16-17-35-33(25)36-21-27)22-10-13-26(14-11-22)37-18-4-7-31(37)29-6-3-2-5-28(29)23-8-9-23/h2-3,5-6,10,12,15-17,19-21,23,26,31H,4,7-9,11,13-14,18H2,1H3,(H,35,36). The van der Waals surface area contributed by atoms with Crippen molar-refractivity contribution in [3.05, 3.63) is 95.3 Å². The Balaban J connectivity index is 1.12. The van der Waals surface area contributed by atoms with Crippen LogP contribution in [0.3, 0.4) is 0 Å². The highest BCUT2D eigenvalue weighted by Crippen LogP contribution is 2.47. The minimum atomic E-state index is -0.415. The summed E-state index contributed by atoms with van der Waals surface area (Å²) in [6.07, 6.45) is 14.3. The van der Waals surface area contributed by atoms with E-state index in [0.717, 1.165) is 41.8 Å². The number of aromatic nitrogens is 2. The van der Waals surface area contributed by atoms with Crippen molar-refractivity contribution in [2.75, 3.05) is 13.7 Å². The van der Waals surface area contributed by atoms with E-state index in [0.29, 0.717) is 29.1 Å². The summed E-state index contributed by atoms with van der Waals surface area (Å²) in [7, 11) is 1.39. The van der Waals surface area contributed by atoms with Gasteiger partial charge in [-0.05, 0) is 104 Å².